The fraction of sp³-hybridized carbons (Fsp3) is 0.583. The summed E-state index contributed by atoms with van der Waals surface area (Å²) < 4.78 is 41.8. The first kappa shape index (κ1) is 14.8. The van der Waals surface area contributed by atoms with Gasteiger partial charge >= 0.3 is 6.18 Å². The topological polar surface area (TPSA) is 34.1 Å². The molecule has 0 fully saturated rings. The molecule has 0 saturated carbocycles. The zero-order valence-electron chi connectivity index (χ0n) is 10.6. The molecule has 0 aliphatic rings. The highest BCUT2D eigenvalue weighted by Gasteiger charge is 2.38. The SMILES string of the molecule is CC(C)NCc1cc(OC(C)C(F)(F)F)ccn1. The highest BCUT2D eigenvalue weighted by atomic mass is 19.4. The normalized spacial score (nSPS) is 13.7. The Morgan fingerprint density at radius 3 is 2.56 bits per heavy atom. The first-order valence-corrected chi connectivity index (χ1v) is 5.70. The molecule has 0 bridgehead atoms. The summed E-state index contributed by atoms with van der Waals surface area (Å²) in [6.45, 7) is 5.43. The van der Waals surface area contributed by atoms with Crippen molar-refractivity contribution < 1.29 is 17.9 Å². The van der Waals surface area contributed by atoms with Crippen molar-refractivity contribution in [3.05, 3.63) is 24.0 Å². The smallest absolute Gasteiger partial charge is 0.425 e. The monoisotopic (exact) mass is 262 g/mol. The van der Waals surface area contributed by atoms with E-state index in [2.05, 4.69) is 10.3 Å². The molecule has 0 aliphatic carbocycles. The number of ether oxygens (including phenoxy) is 1. The van der Waals surface area contributed by atoms with Crippen LogP contribution in [0.1, 0.15) is 26.5 Å². The predicted molar refractivity (Wildman–Crippen MR) is 62.4 cm³/mol. The van der Waals surface area contributed by atoms with Gasteiger partial charge in [0.2, 0.25) is 0 Å². The number of aromatic nitrogens is 1. The molecule has 1 rings (SSSR count). The van der Waals surface area contributed by atoms with Crippen LogP contribution in [0.25, 0.3) is 0 Å². The quantitative estimate of drug-likeness (QED) is 0.886. The van der Waals surface area contributed by atoms with Gasteiger partial charge in [-0.2, -0.15) is 13.2 Å². The van der Waals surface area contributed by atoms with E-state index in [1.54, 1.807) is 0 Å². The average molecular weight is 262 g/mol. The molecule has 0 amide bonds. The maximum absolute atomic E-state index is 12.3. The van der Waals surface area contributed by atoms with E-state index in [0.717, 1.165) is 6.92 Å². The summed E-state index contributed by atoms with van der Waals surface area (Å²) in [4.78, 5) is 4.06. The molecule has 0 radical (unpaired) electrons. The summed E-state index contributed by atoms with van der Waals surface area (Å²) in [7, 11) is 0. The fourth-order valence-electron chi connectivity index (χ4n) is 1.21. The standard InChI is InChI=1S/C12H17F3N2O/c1-8(2)17-7-10-6-11(4-5-16-10)18-9(3)12(13,14)15/h4-6,8-9,17H,7H2,1-3H3. The van der Waals surface area contributed by atoms with Gasteiger partial charge in [-0.1, -0.05) is 13.8 Å². The van der Waals surface area contributed by atoms with Crippen LogP contribution in [0, 0.1) is 0 Å². The summed E-state index contributed by atoms with van der Waals surface area (Å²) in [6, 6.07) is 3.21. The van der Waals surface area contributed by atoms with Gasteiger partial charge in [0.1, 0.15) is 5.75 Å². The Labute approximate surface area is 104 Å². The first-order valence-electron chi connectivity index (χ1n) is 5.70. The lowest BCUT2D eigenvalue weighted by Gasteiger charge is -2.18. The average Bonchev–Trinajstić information content (AvgIpc) is 2.25. The zero-order valence-corrected chi connectivity index (χ0v) is 10.6. The van der Waals surface area contributed by atoms with E-state index < -0.39 is 12.3 Å². The molecule has 1 atom stereocenters. The second kappa shape index (κ2) is 6.04. The second-order valence-corrected chi connectivity index (χ2v) is 4.32. The molecule has 0 aromatic carbocycles. The minimum absolute atomic E-state index is 0.176. The van der Waals surface area contributed by atoms with Gasteiger partial charge in [-0.3, -0.25) is 4.98 Å². The van der Waals surface area contributed by atoms with Crippen LogP contribution in [0.2, 0.25) is 0 Å². The molecule has 6 heteroatoms. The first-order chi connectivity index (χ1) is 8.29. The molecule has 0 saturated heterocycles. The van der Waals surface area contributed by atoms with E-state index in [-0.39, 0.29) is 11.8 Å². The Kier molecular flexibility index (Phi) is 4.95. The Bertz CT molecular complexity index is 380. The molecule has 1 heterocycles. The predicted octanol–water partition coefficient (Wildman–Crippen LogP) is 2.91. The summed E-state index contributed by atoms with van der Waals surface area (Å²) in [5.41, 5.74) is 0.649. The van der Waals surface area contributed by atoms with Crippen molar-refractivity contribution >= 4 is 0 Å². The highest BCUT2D eigenvalue weighted by molar-refractivity contribution is 5.23. The molecule has 1 unspecified atom stereocenters. The number of alkyl halides is 3. The van der Waals surface area contributed by atoms with Crippen molar-refractivity contribution in [3.8, 4) is 5.75 Å². The summed E-state index contributed by atoms with van der Waals surface area (Å²) >= 11 is 0. The van der Waals surface area contributed by atoms with Gasteiger partial charge in [-0.25, -0.2) is 0 Å². The number of nitrogens with one attached hydrogen (secondary N) is 1. The largest absolute Gasteiger partial charge is 0.481 e. The van der Waals surface area contributed by atoms with E-state index >= 15 is 0 Å². The molecule has 18 heavy (non-hydrogen) atoms. The maximum Gasteiger partial charge on any atom is 0.425 e. The van der Waals surface area contributed by atoms with Gasteiger partial charge in [-0.05, 0) is 13.0 Å². The van der Waals surface area contributed by atoms with Crippen molar-refractivity contribution in [2.45, 2.75) is 45.6 Å². The summed E-state index contributed by atoms with van der Waals surface area (Å²) in [5.74, 6) is 0.176. The van der Waals surface area contributed by atoms with Crippen LogP contribution in [-0.2, 0) is 6.54 Å². The Morgan fingerprint density at radius 2 is 2.00 bits per heavy atom. The molecule has 0 aliphatic heterocycles. The Morgan fingerprint density at radius 1 is 1.33 bits per heavy atom. The van der Waals surface area contributed by atoms with Gasteiger partial charge in [-0.15, -0.1) is 0 Å². The zero-order chi connectivity index (χ0) is 13.8. The molecule has 0 spiro atoms. The Balaban J connectivity index is 2.65. The second-order valence-electron chi connectivity index (χ2n) is 4.32. The molecular formula is C12H17F3N2O. The van der Waals surface area contributed by atoms with Crippen LogP contribution in [0.4, 0.5) is 13.2 Å². The molecular weight excluding hydrogens is 245 g/mol. The van der Waals surface area contributed by atoms with Crippen molar-refractivity contribution in [2.24, 2.45) is 0 Å². The highest BCUT2D eigenvalue weighted by Crippen LogP contribution is 2.24. The molecule has 1 N–H and O–H groups in total. The minimum atomic E-state index is -4.36. The number of pyridine rings is 1. The van der Waals surface area contributed by atoms with Crippen molar-refractivity contribution in [3.63, 3.8) is 0 Å². The van der Waals surface area contributed by atoms with E-state index in [4.69, 9.17) is 4.74 Å². The van der Waals surface area contributed by atoms with E-state index in [1.165, 1.54) is 18.3 Å². The number of halogens is 3. The van der Waals surface area contributed by atoms with Gasteiger partial charge in [0.25, 0.3) is 0 Å². The minimum Gasteiger partial charge on any atom is -0.481 e. The Hall–Kier alpha value is -1.30. The fourth-order valence-corrected chi connectivity index (χ4v) is 1.21. The van der Waals surface area contributed by atoms with Crippen LogP contribution in [-0.4, -0.2) is 23.3 Å². The van der Waals surface area contributed by atoms with Gasteiger partial charge in [0, 0.05) is 24.8 Å². The maximum atomic E-state index is 12.3. The number of nitrogens with zero attached hydrogens (tertiary/aromatic N) is 1. The lowest BCUT2D eigenvalue weighted by molar-refractivity contribution is -0.189. The van der Waals surface area contributed by atoms with E-state index in [1.807, 2.05) is 13.8 Å². The van der Waals surface area contributed by atoms with Crippen molar-refractivity contribution in [1.82, 2.24) is 10.3 Å². The van der Waals surface area contributed by atoms with E-state index in [0.29, 0.717) is 12.2 Å². The third-order valence-corrected chi connectivity index (χ3v) is 2.25. The third kappa shape index (κ3) is 4.91. The van der Waals surface area contributed by atoms with Gasteiger partial charge in [0.05, 0.1) is 5.69 Å². The van der Waals surface area contributed by atoms with Crippen LogP contribution in [0.3, 0.4) is 0 Å². The molecule has 1 aromatic heterocycles. The van der Waals surface area contributed by atoms with Gasteiger partial charge in [0.15, 0.2) is 6.10 Å². The number of rotatable bonds is 5. The third-order valence-electron chi connectivity index (χ3n) is 2.25. The van der Waals surface area contributed by atoms with Crippen LogP contribution < -0.4 is 10.1 Å². The number of hydrogen-bond acceptors (Lipinski definition) is 3. The van der Waals surface area contributed by atoms with Crippen LogP contribution in [0.15, 0.2) is 18.3 Å². The molecule has 102 valence electrons. The van der Waals surface area contributed by atoms with Crippen molar-refractivity contribution in [1.29, 1.82) is 0 Å². The summed E-state index contributed by atoms with van der Waals surface area (Å²) in [5, 5.41) is 3.13. The van der Waals surface area contributed by atoms with Gasteiger partial charge < -0.3 is 10.1 Å². The molecule has 1 aromatic rings. The van der Waals surface area contributed by atoms with Crippen LogP contribution >= 0.6 is 0 Å². The summed E-state index contributed by atoms with van der Waals surface area (Å²) in [6.07, 6.45) is -4.75. The lowest BCUT2D eigenvalue weighted by atomic mass is 10.3. The molecule has 3 nitrogen and oxygen atoms in total. The lowest BCUT2D eigenvalue weighted by Crippen LogP contribution is -2.31. The van der Waals surface area contributed by atoms with Crippen molar-refractivity contribution in [2.75, 3.05) is 0 Å². The van der Waals surface area contributed by atoms with E-state index in [9.17, 15) is 13.2 Å². The number of hydrogen-bond donors (Lipinski definition) is 1. The van der Waals surface area contributed by atoms with Crippen LogP contribution in [0.5, 0.6) is 5.75 Å².